The standard InChI is InChI=1S/C14H17FN2O3/c1-14(13(18)16-6-7-19-2)9-12(17-20-14)10-4-3-5-11(15)8-10/h3-5,8H,6-7,9H2,1-2H3,(H,16,18)/t14-/m1/s1. The van der Waals surface area contributed by atoms with E-state index in [0.29, 0.717) is 30.8 Å². The third-order valence-corrected chi connectivity index (χ3v) is 3.09. The summed E-state index contributed by atoms with van der Waals surface area (Å²) < 4.78 is 18.1. The third kappa shape index (κ3) is 3.14. The van der Waals surface area contributed by atoms with Crippen LogP contribution in [0, 0.1) is 5.82 Å². The van der Waals surface area contributed by atoms with Crippen LogP contribution in [0.1, 0.15) is 18.9 Å². The topological polar surface area (TPSA) is 59.9 Å². The van der Waals surface area contributed by atoms with E-state index in [1.807, 2.05) is 0 Å². The van der Waals surface area contributed by atoms with Crippen molar-refractivity contribution in [3.8, 4) is 0 Å². The molecule has 20 heavy (non-hydrogen) atoms. The molecule has 1 aromatic rings. The third-order valence-electron chi connectivity index (χ3n) is 3.09. The maximum atomic E-state index is 13.2. The number of amides is 1. The SMILES string of the molecule is COCCNC(=O)[C@@]1(C)CC(c2cccc(F)c2)=NO1. The number of benzene rings is 1. The van der Waals surface area contributed by atoms with Crippen molar-refractivity contribution in [1.82, 2.24) is 5.32 Å². The van der Waals surface area contributed by atoms with Crippen molar-refractivity contribution >= 4 is 11.6 Å². The first-order valence-corrected chi connectivity index (χ1v) is 6.33. The fourth-order valence-corrected chi connectivity index (χ4v) is 1.94. The van der Waals surface area contributed by atoms with E-state index in [0.717, 1.165) is 0 Å². The van der Waals surface area contributed by atoms with Crippen molar-refractivity contribution < 1.29 is 18.8 Å². The van der Waals surface area contributed by atoms with Crippen LogP contribution in [0.3, 0.4) is 0 Å². The number of carbonyl (C=O) groups is 1. The second-order valence-corrected chi connectivity index (χ2v) is 4.80. The van der Waals surface area contributed by atoms with E-state index >= 15 is 0 Å². The van der Waals surface area contributed by atoms with Gasteiger partial charge >= 0.3 is 0 Å². The maximum Gasteiger partial charge on any atom is 0.267 e. The zero-order valence-corrected chi connectivity index (χ0v) is 11.5. The van der Waals surface area contributed by atoms with Crippen molar-refractivity contribution in [3.63, 3.8) is 0 Å². The van der Waals surface area contributed by atoms with E-state index in [4.69, 9.17) is 9.57 Å². The van der Waals surface area contributed by atoms with Crippen LogP contribution in [-0.2, 0) is 14.4 Å². The van der Waals surface area contributed by atoms with Crippen LogP contribution in [0.25, 0.3) is 0 Å². The molecule has 1 N–H and O–H groups in total. The summed E-state index contributed by atoms with van der Waals surface area (Å²) in [5.41, 5.74) is 0.127. The quantitative estimate of drug-likeness (QED) is 0.831. The molecule has 108 valence electrons. The Bertz CT molecular complexity index is 533. The molecule has 0 fully saturated rings. The highest BCUT2D eigenvalue weighted by atomic mass is 19.1. The van der Waals surface area contributed by atoms with Gasteiger partial charge in [-0.2, -0.15) is 0 Å². The average molecular weight is 280 g/mol. The first kappa shape index (κ1) is 14.5. The number of carbonyl (C=O) groups excluding carboxylic acids is 1. The molecule has 0 unspecified atom stereocenters. The molecule has 6 heteroatoms. The molecule has 0 saturated carbocycles. The molecule has 2 rings (SSSR count). The molecule has 0 aliphatic carbocycles. The molecule has 0 spiro atoms. The van der Waals surface area contributed by atoms with Crippen LogP contribution in [0.2, 0.25) is 0 Å². The molecule has 5 nitrogen and oxygen atoms in total. The van der Waals surface area contributed by atoms with Gasteiger partial charge in [-0.15, -0.1) is 0 Å². The summed E-state index contributed by atoms with van der Waals surface area (Å²) >= 11 is 0. The lowest BCUT2D eigenvalue weighted by atomic mass is 9.95. The zero-order chi connectivity index (χ0) is 14.6. The molecule has 1 amide bonds. The van der Waals surface area contributed by atoms with Gasteiger partial charge in [0.1, 0.15) is 5.82 Å². The summed E-state index contributed by atoms with van der Waals surface area (Å²) in [5.74, 6) is -0.604. The van der Waals surface area contributed by atoms with Crippen LogP contribution in [0.4, 0.5) is 4.39 Å². The minimum absolute atomic E-state index is 0.260. The van der Waals surface area contributed by atoms with Gasteiger partial charge in [-0.3, -0.25) is 4.79 Å². The normalized spacial score (nSPS) is 21.2. The van der Waals surface area contributed by atoms with Crippen molar-refractivity contribution in [2.24, 2.45) is 5.16 Å². The van der Waals surface area contributed by atoms with Crippen molar-refractivity contribution in [2.45, 2.75) is 18.9 Å². The summed E-state index contributed by atoms with van der Waals surface area (Å²) in [7, 11) is 1.56. The van der Waals surface area contributed by atoms with Gasteiger partial charge in [-0.05, 0) is 19.1 Å². The number of rotatable bonds is 5. The van der Waals surface area contributed by atoms with Crippen LogP contribution in [0.5, 0.6) is 0 Å². The van der Waals surface area contributed by atoms with Crippen LogP contribution < -0.4 is 5.32 Å². The van der Waals surface area contributed by atoms with Crippen LogP contribution in [-0.4, -0.2) is 37.5 Å². The van der Waals surface area contributed by atoms with Crippen molar-refractivity contribution in [1.29, 1.82) is 0 Å². The number of halogens is 1. The largest absolute Gasteiger partial charge is 0.383 e. The second kappa shape index (κ2) is 6.00. The molecule has 1 heterocycles. The molecule has 0 saturated heterocycles. The number of hydrogen-bond donors (Lipinski definition) is 1. The highest BCUT2D eigenvalue weighted by Gasteiger charge is 2.42. The average Bonchev–Trinajstić information content (AvgIpc) is 2.83. The van der Waals surface area contributed by atoms with Crippen molar-refractivity contribution in [3.05, 3.63) is 35.6 Å². The Morgan fingerprint density at radius 2 is 2.40 bits per heavy atom. The molecule has 0 radical (unpaired) electrons. The van der Waals surface area contributed by atoms with Gasteiger partial charge in [-0.1, -0.05) is 17.3 Å². The van der Waals surface area contributed by atoms with E-state index in [2.05, 4.69) is 10.5 Å². The van der Waals surface area contributed by atoms with Gasteiger partial charge in [0.15, 0.2) is 0 Å². The summed E-state index contributed by atoms with van der Waals surface area (Å²) in [6.07, 6.45) is 0.301. The van der Waals surface area contributed by atoms with Gasteiger partial charge in [0.2, 0.25) is 5.60 Å². The number of hydrogen-bond acceptors (Lipinski definition) is 4. The summed E-state index contributed by atoms with van der Waals surface area (Å²) in [6, 6.07) is 6.06. The Morgan fingerprint density at radius 3 is 3.10 bits per heavy atom. The lowest BCUT2D eigenvalue weighted by Gasteiger charge is -2.20. The highest BCUT2D eigenvalue weighted by Crippen LogP contribution is 2.26. The Labute approximate surface area is 116 Å². The smallest absolute Gasteiger partial charge is 0.267 e. The Hall–Kier alpha value is -1.95. The molecular formula is C14H17FN2O3. The van der Waals surface area contributed by atoms with Gasteiger partial charge in [0.25, 0.3) is 5.91 Å². The van der Waals surface area contributed by atoms with E-state index < -0.39 is 5.60 Å². The minimum atomic E-state index is -1.06. The Balaban J connectivity index is 2.01. The number of oxime groups is 1. The van der Waals surface area contributed by atoms with E-state index in [1.165, 1.54) is 12.1 Å². The first-order chi connectivity index (χ1) is 9.55. The lowest BCUT2D eigenvalue weighted by Crippen LogP contribution is -2.45. The number of methoxy groups -OCH3 is 1. The zero-order valence-electron chi connectivity index (χ0n) is 11.5. The fraction of sp³-hybridized carbons (Fsp3) is 0.429. The number of nitrogens with one attached hydrogen (secondary N) is 1. The summed E-state index contributed by atoms with van der Waals surface area (Å²) in [4.78, 5) is 17.3. The summed E-state index contributed by atoms with van der Waals surface area (Å²) in [5, 5.41) is 6.62. The highest BCUT2D eigenvalue weighted by molar-refractivity contribution is 6.05. The molecule has 0 bridgehead atoms. The van der Waals surface area contributed by atoms with Gasteiger partial charge in [0.05, 0.1) is 12.3 Å². The molecule has 1 aliphatic rings. The maximum absolute atomic E-state index is 13.2. The number of ether oxygens (including phenoxy) is 1. The second-order valence-electron chi connectivity index (χ2n) is 4.80. The van der Waals surface area contributed by atoms with Gasteiger partial charge in [0, 0.05) is 25.6 Å². The number of nitrogens with zero attached hydrogens (tertiary/aromatic N) is 1. The Kier molecular flexibility index (Phi) is 4.34. The monoisotopic (exact) mass is 280 g/mol. The predicted molar refractivity (Wildman–Crippen MR) is 71.9 cm³/mol. The van der Waals surface area contributed by atoms with E-state index in [-0.39, 0.29) is 11.7 Å². The molecule has 1 aromatic carbocycles. The molecule has 1 aliphatic heterocycles. The van der Waals surface area contributed by atoms with Gasteiger partial charge < -0.3 is 14.9 Å². The van der Waals surface area contributed by atoms with Crippen molar-refractivity contribution in [2.75, 3.05) is 20.3 Å². The molecule has 1 atom stereocenters. The fourth-order valence-electron chi connectivity index (χ4n) is 1.94. The van der Waals surface area contributed by atoms with Crippen LogP contribution >= 0.6 is 0 Å². The lowest BCUT2D eigenvalue weighted by molar-refractivity contribution is -0.141. The molecule has 0 aromatic heterocycles. The van der Waals surface area contributed by atoms with E-state index in [9.17, 15) is 9.18 Å². The minimum Gasteiger partial charge on any atom is -0.383 e. The van der Waals surface area contributed by atoms with Gasteiger partial charge in [-0.25, -0.2) is 4.39 Å². The summed E-state index contributed by atoms with van der Waals surface area (Å²) in [6.45, 7) is 2.49. The Morgan fingerprint density at radius 1 is 1.60 bits per heavy atom. The molecular weight excluding hydrogens is 263 g/mol. The first-order valence-electron chi connectivity index (χ1n) is 6.33. The predicted octanol–water partition coefficient (Wildman–Crippen LogP) is 1.47. The van der Waals surface area contributed by atoms with E-state index in [1.54, 1.807) is 26.2 Å². The van der Waals surface area contributed by atoms with Crippen LogP contribution in [0.15, 0.2) is 29.4 Å².